The predicted octanol–water partition coefficient (Wildman–Crippen LogP) is 1.35. The summed E-state index contributed by atoms with van der Waals surface area (Å²) < 4.78 is 40.0. The minimum absolute atomic E-state index is 0.0760. The Balaban J connectivity index is 1.64. The number of likely N-dealkylation sites (tertiary alicyclic amines) is 1. The van der Waals surface area contributed by atoms with Gasteiger partial charge in [-0.05, 0) is 42.7 Å². The summed E-state index contributed by atoms with van der Waals surface area (Å²) in [5.41, 5.74) is 5.86. The zero-order chi connectivity index (χ0) is 19.0. The molecule has 1 aromatic carbocycles. The molecule has 2 aliphatic rings. The molecule has 142 valence electrons. The molecule has 2 amide bonds. The van der Waals surface area contributed by atoms with E-state index in [2.05, 4.69) is 5.32 Å². The SMILES string of the molecule is CNC(=O)C1CC2CC2CN1C(=O)CC(N)Cc1cc(F)c(F)cc1F. The van der Waals surface area contributed by atoms with Gasteiger partial charge in [0.05, 0.1) is 0 Å². The van der Waals surface area contributed by atoms with Crippen molar-refractivity contribution in [2.45, 2.75) is 37.8 Å². The van der Waals surface area contributed by atoms with Crippen molar-refractivity contribution >= 4 is 11.8 Å². The molecule has 26 heavy (non-hydrogen) atoms. The lowest BCUT2D eigenvalue weighted by atomic mass is 9.98. The van der Waals surface area contributed by atoms with Gasteiger partial charge >= 0.3 is 0 Å². The summed E-state index contributed by atoms with van der Waals surface area (Å²) in [4.78, 5) is 26.3. The van der Waals surface area contributed by atoms with E-state index in [0.29, 0.717) is 30.9 Å². The Kier molecular flexibility index (Phi) is 5.22. The van der Waals surface area contributed by atoms with E-state index in [1.54, 1.807) is 4.90 Å². The lowest BCUT2D eigenvalue weighted by Crippen LogP contribution is -2.53. The molecule has 4 unspecified atom stereocenters. The molecular weight excluding hydrogens is 347 g/mol. The Morgan fingerprint density at radius 3 is 2.58 bits per heavy atom. The molecule has 1 aliphatic heterocycles. The second-order valence-electron chi connectivity index (χ2n) is 7.19. The third-order valence-electron chi connectivity index (χ3n) is 5.28. The first kappa shape index (κ1) is 18.7. The second-order valence-corrected chi connectivity index (χ2v) is 7.19. The highest BCUT2D eigenvalue weighted by Crippen LogP contribution is 2.47. The second kappa shape index (κ2) is 7.26. The van der Waals surface area contributed by atoms with Gasteiger partial charge in [0.1, 0.15) is 11.9 Å². The van der Waals surface area contributed by atoms with Crippen LogP contribution in [-0.2, 0) is 16.0 Å². The number of nitrogens with zero attached hydrogens (tertiary/aromatic N) is 1. The molecule has 0 aromatic heterocycles. The number of amides is 2. The highest BCUT2D eigenvalue weighted by molar-refractivity contribution is 5.88. The quantitative estimate of drug-likeness (QED) is 0.770. The minimum atomic E-state index is -1.27. The molecular formula is C18H22F3N3O2. The molecule has 1 heterocycles. The van der Waals surface area contributed by atoms with Crippen molar-refractivity contribution in [3.05, 3.63) is 35.1 Å². The fourth-order valence-corrected chi connectivity index (χ4v) is 3.72. The van der Waals surface area contributed by atoms with E-state index in [1.807, 2.05) is 0 Å². The third-order valence-corrected chi connectivity index (χ3v) is 5.28. The molecule has 2 fully saturated rings. The van der Waals surface area contributed by atoms with Gasteiger partial charge in [0.2, 0.25) is 11.8 Å². The first-order chi connectivity index (χ1) is 12.3. The zero-order valence-electron chi connectivity index (χ0n) is 14.5. The molecule has 0 spiro atoms. The fourth-order valence-electron chi connectivity index (χ4n) is 3.72. The van der Waals surface area contributed by atoms with Gasteiger partial charge in [0.25, 0.3) is 0 Å². The van der Waals surface area contributed by atoms with E-state index in [9.17, 15) is 22.8 Å². The summed E-state index contributed by atoms with van der Waals surface area (Å²) in [5, 5.41) is 2.58. The number of piperidine rings is 1. The average Bonchev–Trinajstić information content (AvgIpc) is 3.36. The number of nitrogens with two attached hydrogens (primary N) is 1. The van der Waals surface area contributed by atoms with Gasteiger partial charge in [-0.15, -0.1) is 0 Å². The Hall–Kier alpha value is -2.09. The zero-order valence-corrected chi connectivity index (χ0v) is 14.5. The van der Waals surface area contributed by atoms with Crippen molar-refractivity contribution in [3.8, 4) is 0 Å². The monoisotopic (exact) mass is 369 g/mol. The summed E-state index contributed by atoms with van der Waals surface area (Å²) in [5.74, 6) is -2.88. The summed E-state index contributed by atoms with van der Waals surface area (Å²) in [6.07, 6.45) is 1.47. The van der Waals surface area contributed by atoms with Crippen LogP contribution in [0.25, 0.3) is 0 Å². The summed E-state index contributed by atoms with van der Waals surface area (Å²) in [6, 6.07) is -0.0379. The van der Waals surface area contributed by atoms with Crippen molar-refractivity contribution in [1.82, 2.24) is 10.2 Å². The van der Waals surface area contributed by atoms with Crippen LogP contribution in [0, 0.1) is 29.3 Å². The molecule has 0 bridgehead atoms. The van der Waals surface area contributed by atoms with Crippen LogP contribution in [0.3, 0.4) is 0 Å². The molecule has 5 nitrogen and oxygen atoms in total. The van der Waals surface area contributed by atoms with E-state index in [4.69, 9.17) is 5.73 Å². The lowest BCUT2D eigenvalue weighted by molar-refractivity contribution is -0.142. The third kappa shape index (κ3) is 3.85. The van der Waals surface area contributed by atoms with Crippen molar-refractivity contribution in [3.63, 3.8) is 0 Å². The van der Waals surface area contributed by atoms with Gasteiger partial charge in [-0.1, -0.05) is 0 Å². The maximum atomic E-state index is 13.7. The lowest BCUT2D eigenvalue weighted by Gasteiger charge is -2.34. The molecule has 1 saturated heterocycles. The number of hydrogen-bond acceptors (Lipinski definition) is 3. The van der Waals surface area contributed by atoms with Crippen LogP contribution >= 0.6 is 0 Å². The summed E-state index contributed by atoms with van der Waals surface area (Å²) >= 11 is 0. The number of halogens is 3. The van der Waals surface area contributed by atoms with E-state index in [1.165, 1.54) is 7.05 Å². The van der Waals surface area contributed by atoms with E-state index >= 15 is 0 Å². The molecule has 3 N–H and O–H groups in total. The smallest absolute Gasteiger partial charge is 0.242 e. The number of carbonyl (C=O) groups is 2. The largest absolute Gasteiger partial charge is 0.357 e. The fraction of sp³-hybridized carbons (Fsp3) is 0.556. The first-order valence-corrected chi connectivity index (χ1v) is 8.70. The van der Waals surface area contributed by atoms with Crippen LogP contribution in [0.4, 0.5) is 13.2 Å². The number of rotatable bonds is 5. The van der Waals surface area contributed by atoms with Crippen LogP contribution in [0.15, 0.2) is 12.1 Å². The number of hydrogen-bond donors (Lipinski definition) is 2. The molecule has 1 aromatic rings. The average molecular weight is 369 g/mol. The number of carbonyl (C=O) groups excluding carboxylic acids is 2. The minimum Gasteiger partial charge on any atom is -0.357 e. The predicted molar refractivity (Wildman–Crippen MR) is 88.4 cm³/mol. The van der Waals surface area contributed by atoms with E-state index in [-0.39, 0.29) is 30.2 Å². The number of fused-ring (bicyclic) bond motifs is 1. The standard InChI is InChI=1S/C18H22F3N3O2/c1-23-18(26)16-5-9-2-11(9)8-24(16)17(25)6-12(22)3-10-4-14(20)15(21)7-13(10)19/h4,7,9,11-12,16H,2-3,5-6,8,22H2,1H3,(H,23,26). The van der Waals surface area contributed by atoms with Crippen molar-refractivity contribution < 1.29 is 22.8 Å². The topological polar surface area (TPSA) is 75.4 Å². The Morgan fingerprint density at radius 2 is 1.88 bits per heavy atom. The van der Waals surface area contributed by atoms with Gasteiger partial charge in [0, 0.05) is 32.1 Å². The summed E-state index contributed by atoms with van der Waals surface area (Å²) in [7, 11) is 1.53. The number of benzene rings is 1. The Bertz CT molecular complexity index is 728. The highest BCUT2D eigenvalue weighted by atomic mass is 19.2. The number of likely N-dealkylation sites (N-methyl/N-ethyl adjacent to an activating group) is 1. The van der Waals surface area contributed by atoms with Crippen molar-refractivity contribution in [2.75, 3.05) is 13.6 Å². The molecule has 1 aliphatic carbocycles. The van der Waals surface area contributed by atoms with E-state index in [0.717, 1.165) is 12.5 Å². The van der Waals surface area contributed by atoms with Gasteiger partial charge in [-0.3, -0.25) is 9.59 Å². The van der Waals surface area contributed by atoms with Crippen LogP contribution in [0.5, 0.6) is 0 Å². The van der Waals surface area contributed by atoms with Gasteiger partial charge in [0.15, 0.2) is 11.6 Å². The molecule has 0 radical (unpaired) electrons. The maximum absolute atomic E-state index is 13.7. The summed E-state index contributed by atoms with van der Waals surface area (Å²) in [6.45, 7) is 0.522. The maximum Gasteiger partial charge on any atom is 0.242 e. The first-order valence-electron chi connectivity index (χ1n) is 8.70. The molecule has 8 heteroatoms. The van der Waals surface area contributed by atoms with Crippen LogP contribution in [-0.4, -0.2) is 42.4 Å². The number of nitrogens with one attached hydrogen (secondary N) is 1. The highest BCUT2D eigenvalue weighted by Gasteiger charge is 2.48. The van der Waals surface area contributed by atoms with Gasteiger partial charge < -0.3 is 16.0 Å². The Morgan fingerprint density at radius 1 is 1.19 bits per heavy atom. The van der Waals surface area contributed by atoms with Crippen LogP contribution in [0.1, 0.15) is 24.8 Å². The normalized spacial score (nSPS) is 25.4. The molecule has 3 rings (SSSR count). The van der Waals surface area contributed by atoms with Gasteiger partial charge in [-0.25, -0.2) is 13.2 Å². The van der Waals surface area contributed by atoms with Crippen molar-refractivity contribution in [1.29, 1.82) is 0 Å². The van der Waals surface area contributed by atoms with Crippen LogP contribution in [0.2, 0.25) is 0 Å². The Labute approximate surface area is 149 Å². The molecule has 4 atom stereocenters. The van der Waals surface area contributed by atoms with Crippen LogP contribution < -0.4 is 11.1 Å². The van der Waals surface area contributed by atoms with Gasteiger partial charge in [-0.2, -0.15) is 0 Å². The van der Waals surface area contributed by atoms with E-state index < -0.39 is 29.5 Å². The van der Waals surface area contributed by atoms with Crippen molar-refractivity contribution in [2.24, 2.45) is 17.6 Å². The molecule has 1 saturated carbocycles.